The molecule has 0 aliphatic heterocycles. The van der Waals surface area contributed by atoms with Crippen molar-refractivity contribution in [2.24, 2.45) is 5.84 Å². The van der Waals surface area contributed by atoms with Crippen LogP contribution in [0.15, 0.2) is 22.0 Å². The van der Waals surface area contributed by atoms with E-state index in [4.69, 9.17) is 17.4 Å². The van der Waals surface area contributed by atoms with Crippen molar-refractivity contribution in [2.45, 2.75) is 10.1 Å². The predicted molar refractivity (Wildman–Crippen MR) is 66.5 cm³/mol. The van der Waals surface area contributed by atoms with Crippen LogP contribution >= 0.6 is 34.7 Å². The van der Waals surface area contributed by atoms with Gasteiger partial charge in [-0.2, -0.15) is 0 Å². The summed E-state index contributed by atoms with van der Waals surface area (Å²) in [5.41, 5.74) is 4.95. The summed E-state index contributed by atoms with van der Waals surface area (Å²) in [6.07, 6.45) is 0. The molecule has 2 rings (SSSR count). The first kappa shape index (κ1) is 11.6. The third kappa shape index (κ3) is 2.82. The zero-order valence-electron chi connectivity index (χ0n) is 8.05. The SMILES string of the molecule is NNc1ccc(Cl)c(CSc2nncs2)n1. The molecular weight excluding hydrogens is 266 g/mol. The monoisotopic (exact) mass is 273 g/mol. The largest absolute Gasteiger partial charge is 0.308 e. The number of anilines is 1. The maximum Gasteiger partial charge on any atom is 0.174 e. The van der Waals surface area contributed by atoms with E-state index in [1.165, 1.54) is 11.3 Å². The van der Waals surface area contributed by atoms with Gasteiger partial charge in [0.2, 0.25) is 0 Å². The minimum absolute atomic E-state index is 0.595. The maximum absolute atomic E-state index is 6.02. The van der Waals surface area contributed by atoms with E-state index in [9.17, 15) is 0 Å². The van der Waals surface area contributed by atoms with Gasteiger partial charge in [0.1, 0.15) is 11.3 Å². The van der Waals surface area contributed by atoms with Gasteiger partial charge in [0.15, 0.2) is 4.34 Å². The first-order valence-corrected chi connectivity index (χ1v) is 6.55. The van der Waals surface area contributed by atoms with Crippen LogP contribution in [-0.2, 0) is 5.75 Å². The highest BCUT2D eigenvalue weighted by Gasteiger charge is 2.06. The molecule has 84 valence electrons. The van der Waals surface area contributed by atoms with Gasteiger partial charge < -0.3 is 5.43 Å². The molecule has 0 bridgehead atoms. The van der Waals surface area contributed by atoms with E-state index in [0.29, 0.717) is 16.6 Å². The minimum atomic E-state index is 0.595. The molecule has 16 heavy (non-hydrogen) atoms. The molecule has 0 fully saturated rings. The van der Waals surface area contributed by atoms with E-state index in [1.807, 2.05) is 0 Å². The normalized spacial score (nSPS) is 10.4. The van der Waals surface area contributed by atoms with Crippen molar-refractivity contribution in [1.82, 2.24) is 15.2 Å². The zero-order valence-corrected chi connectivity index (χ0v) is 10.4. The third-order valence-electron chi connectivity index (χ3n) is 1.74. The highest BCUT2D eigenvalue weighted by atomic mass is 35.5. The van der Waals surface area contributed by atoms with Gasteiger partial charge in [-0.3, -0.25) is 0 Å². The summed E-state index contributed by atoms with van der Waals surface area (Å²) in [4.78, 5) is 4.26. The Bertz CT molecular complexity index is 461. The van der Waals surface area contributed by atoms with E-state index in [0.717, 1.165) is 10.0 Å². The van der Waals surface area contributed by atoms with Gasteiger partial charge in [0.05, 0.1) is 10.7 Å². The van der Waals surface area contributed by atoms with Gasteiger partial charge in [-0.1, -0.05) is 34.7 Å². The van der Waals surface area contributed by atoms with Crippen LogP contribution in [0.4, 0.5) is 5.82 Å². The average Bonchev–Trinajstić information content (AvgIpc) is 2.81. The van der Waals surface area contributed by atoms with Crippen molar-refractivity contribution in [1.29, 1.82) is 0 Å². The van der Waals surface area contributed by atoms with Gasteiger partial charge in [0, 0.05) is 5.75 Å². The van der Waals surface area contributed by atoms with E-state index in [-0.39, 0.29) is 0 Å². The highest BCUT2D eigenvalue weighted by molar-refractivity contribution is 8.00. The number of thioether (sulfide) groups is 1. The van der Waals surface area contributed by atoms with Gasteiger partial charge in [0.25, 0.3) is 0 Å². The lowest BCUT2D eigenvalue weighted by Crippen LogP contribution is -2.09. The van der Waals surface area contributed by atoms with Gasteiger partial charge >= 0.3 is 0 Å². The van der Waals surface area contributed by atoms with Crippen LogP contribution in [0.3, 0.4) is 0 Å². The maximum atomic E-state index is 6.02. The Hall–Kier alpha value is -0.890. The lowest BCUT2D eigenvalue weighted by atomic mass is 10.4. The molecule has 5 nitrogen and oxygen atoms in total. The number of nitrogen functional groups attached to an aromatic ring is 1. The fourth-order valence-electron chi connectivity index (χ4n) is 1.02. The fourth-order valence-corrected chi connectivity index (χ4v) is 2.72. The molecule has 0 saturated carbocycles. The number of halogens is 1. The summed E-state index contributed by atoms with van der Waals surface area (Å²) in [6, 6.07) is 3.49. The molecule has 0 spiro atoms. The van der Waals surface area contributed by atoms with Crippen molar-refractivity contribution in [3.63, 3.8) is 0 Å². The standard InChI is InChI=1S/C8H8ClN5S2/c9-5-1-2-7(13-10)12-6(5)3-15-8-14-11-4-16-8/h1-2,4H,3,10H2,(H,12,13). The number of pyridine rings is 1. The lowest BCUT2D eigenvalue weighted by molar-refractivity contribution is 1.01. The summed E-state index contributed by atoms with van der Waals surface area (Å²) in [5, 5.41) is 8.30. The van der Waals surface area contributed by atoms with E-state index in [1.54, 1.807) is 29.4 Å². The van der Waals surface area contributed by atoms with Crippen LogP contribution < -0.4 is 11.3 Å². The number of hydrogen-bond donors (Lipinski definition) is 2. The summed E-state index contributed by atoms with van der Waals surface area (Å²) in [6.45, 7) is 0. The molecule has 3 N–H and O–H groups in total. The van der Waals surface area contributed by atoms with E-state index in [2.05, 4.69) is 20.6 Å². The van der Waals surface area contributed by atoms with E-state index >= 15 is 0 Å². The number of hydrazine groups is 1. The molecule has 0 atom stereocenters. The minimum Gasteiger partial charge on any atom is -0.308 e. The zero-order chi connectivity index (χ0) is 11.4. The number of nitrogens with one attached hydrogen (secondary N) is 1. The van der Waals surface area contributed by atoms with Crippen LogP contribution in [0, 0.1) is 0 Å². The Kier molecular flexibility index (Phi) is 3.94. The third-order valence-corrected chi connectivity index (χ3v) is 3.95. The Labute approximate surface area is 105 Å². The Morgan fingerprint density at radius 1 is 1.50 bits per heavy atom. The molecule has 2 aromatic rings. The highest BCUT2D eigenvalue weighted by Crippen LogP contribution is 2.26. The van der Waals surface area contributed by atoms with Crippen molar-refractivity contribution in [3.8, 4) is 0 Å². The van der Waals surface area contributed by atoms with Crippen LogP contribution in [-0.4, -0.2) is 15.2 Å². The Morgan fingerprint density at radius 2 is 2.38 bits per heavy atom. The lowest BCUT2D eigenvalue weighted by Gasteiger charge is -2.04. The first-order chi connectivity index (χ1) is 7.79. The molecule has 8 heteroatoms. The van der Waals surface area contributed by atoms with Gasteiger partial charge in [-0.25, -0.2) is 10.8 Å². The van der Waals surface area contributed by atoms with Gasteiger partial charge in [-0.15, -0.1) is 10.2 Å². The van der Waals surface area contributed by atoms with Crippen LogP contribution in [0.2, 0.25) is 5.02 Å². The summed E-state index contributed by atoms with van der Waals surface area (Å²) in [7, 11) is 0. The molecule has 0 amide bonds. The second kappa shape index (κ2) is 5.44. The molecule has 0 aliphatic rings. The Balaban J connectivity index is 2.08. The van der Waals surface area contributed by atoms with Crippen LogP contribution in [0.1, 0.15) is 5.69 Å². The average molecular weight is 274 g/mol. The van der Waals surface area contributed by atoms with Crippen molar-refractivity contribution in [2.75, 3.05) is 5.43 Å². The molecule has 0 saturated heterocycles. The number of aromatic nitrogens is 3. The molecule has 0 unspecified atom stereocenters. The van der Waals surface area contributed by atoms with Crippen molar-refractivity contribution < 1.29 is 0 Å². The summed E-state index contributed by atoms with van der Waals surface area (Å²) < 4.78 is 0.893. The Morgan fingerprint density at radius 3 is 3.06 bits per heavy atom. The van der Waals surface area contributed by atoms with Crippen LogP contribution in [0.25, 0.3) is 0 Å². The summed E-state index contributed by atoms with van der Waals surface area (Å²) >= 11 is 9.05. The van der Waals surface area contributed by atoms with Crippen molar-refractivity contribution in [3.05, 3.63) is 28.4 Å². The summed E-state index contributed by atoms with van der Waals surface area (Å²) in [5.74, 6) is 6.51. The number of nitrogens with zero attached hydrogens (tertiary/aromatic N) is 3. The predicted octanol–water partition coefficient (Wildman–Crippen LogP) is 2.16. The molecule has 0 aliphatic carbocycles. The number of nitrogens with two attached hydrogens (primary N) is 1. The van der Waals surface area contributed by atoms with Crippen molar-refractivity contribution >= 4 is 40.5 Å². The number of rotatable bonds is 4. The molecule has 0 radical (unpaired) electrons. The number of hydrogen-bond acceptors (Lipinski definition) is 7. The second-order valence-electron chi connectivity index (χ2n) is 2.76. The van der Waals surface area contributed by atoms with E-state index < -0.39 is 0 Å². The quantitative estimate of drug-likeness (QED) is 0.505. The molecular formula is C8H8ClN5S2. The molecule has 0 aromatic carbocycles. The topological polar surface area (TPSA) is 76.7 Å². The van der Waals surface area contributed by atoms with Crippen LogP contribution in [0.5, 0.6) is 0 Å². The first-order valence-electron chi connectivity index (χ1n) is 4.30. The fraction of sp³-hybridized carbons (Fsp3) is 0.125. The van der Waals surface area contributed by atoms with Gasteiger partial charge in [-0.05, 0) is 12.1 Å². The second-order valence-corrected chi connectivity index (χ2v) is 5.23. The smallest absolute Gasteiger partial charge is 0.174 e. The molecule has 2 aromatic heterocycles. The molecule has 2 heterocycles.